The Hall–Kier alpha value is -6.78. The fraction of sp³-hybridized carbons (Fsp3) is 0.115. The molecule has 0 radical (unpaired) electrons. The van der Waals surface area contributed by atoms with Crippen LogP contribution in [0.5, 0.6) is 0 Å². The Labute approximate surface area is 326 Å². The topological polar surface area (TPSA) is 51.6 Å². The molecule has 2 aliphatic rings. The number of pyridine rings is 2. The predicted molar refractivity (Wildman–Crippen MR) is 230 cm³/mol. The van der Waals surface area contributed by atoms with Crippen LogP contribution in [0, 0.1) is 0 Å². The van der Waals surface area contributed by atoms with Crippen molar-refractivity contribution >= 4 is 21.7 Å². The summed E-state index contributed by atoms with van der Waals surface area (Å²) < 4.78 is 0. The minimum atomic E-state index is -0.203. The molecular weight excluding hydrogens is 681 g/mol. The second-order valence-corrected chi connectivity index (χ2v) is 16.3. The third kappa shape index (κ3) is 4.78. The van der Waals surface area contributed by atoms with Crippen molar-refractivity contribution in [1.29, 1.82) is 0 Å². The summed E-state index contributed by atoms with van der Waals surface area (Å²) in [6, 6.07) is 52.3. The zero-order valence-electron chi connectivity index (χ0n) is 31.8. The predicted octanol–water partition coefficient (Wildman–Crippen LogP) is 12.9. The van der Waals surface area contributed by atoms with E-state index in [1.165, 1.54) is 55.3 Å². The standard InChI is InChI=1S/C52H38N4/c1-51(2)42-18-9-7-15-36(42)40-28-45-41(29-44(40)51)37-21-20-33(26-43(37)52(45,3)4)47-30-48(39-23-25-53-46-19-10-8-16-38(39)46)56-50(55-47)49-27-32(22-24-54-49)35-17-11-13-31-12-5-6-14-34(31)35/h5-30H,1-4H3. The molecule has 3 heterocycles. The molecular formula is C52H38N4. The lowest BCUT2D eigenvalue weighted by atomic mass is 9.79. The molecule has 0 aliphatic heterocycles. The molecule has 0 fully saturated rings. The normalized spacial score (nSPS) is 14.4. The van der Waals surface area contributed by atoms with Gasteiger partial charge in [0.05, 0.1) is 16.9 Å². The Bertz CT molecular complexity index is 3090. The van der Waals surface area contributed by atoms with Gasteiger partial charge in [-0.05, 0) is 115 Å². The average Bonchev–Trinajstić information content (AvgIpc) is 3.61. The summed E-state index contributed by atoms with van der Waals surface area (Å²) in [5.74, 6) is 0.584. The summed E-state index contributed by atoms with van der Waals surface area (Å²) in [6.07, 6.45) is 3.74. The van der Waals surface area contributed by atoms with Gasteiger partial charge in [-0.3, -0.25) is 9.97 Å². The van der Waals surface area contributed by atoms with Crippen molar-refractivity contribution in [3.05, 3.63) is 180 Å². The molecule has 6 aromatic carbocycles. The van der Waals surface area contributed by atoms with E-state index in [2.05, 4.69) is 166 Å². The van der Waals surface area contributed by atoms with Gasteiger partial charge in [0.15, 0.2) is 5.82 Å². The molecule has 266 valence electrons. The lowest BCUT2D eigenvalue weighted by Crippen LogP contribution is -2.17. The van der Waals surface area contributed by atoms with Crippen molar-refractivity contribution in [2.75, 3.05) is 0 Å². The number of rotatable bonds is 4. The molecule has 2 aliphatic carbocycles. The third-order valence-corrected chi connectivity index (χ3v) is 12.4. The van der Waals surface area contributed by atoms with Crippen molar-refractivity contribution in [3.8, 4) is 67.4 Å². The number of hydrogen-bond donors (Lipinski definition) is 0. The van der Waals surface area contributed by atoms with Crippen LogP contribution in [0.2, 0.25) is 0 Å². The third-order valence-electron chi connectivity index (χ3n) is 12.4. The zero-order valence-corrected chi connectivity index (χ0v) is 31.8. The highest BCUT2D eigenvalue weighted by Gasteiger charge is 2.41. The maximum atomic E-state index is 5.30. The number of nitrogens with zero attached hydrogens (tertiary/aromatic N) is 4. The SMILES string of the molecule is CC1(C)c2ccccc2-c2cc3c(cc21)-c1ccc(-c2cc(-c4ccnc5ccccc45)nc(-c4cc(-c5cccc6ccccc56)ccn4)n2)cc1C3(C)C. The van der Waals surface area contributed by atoms with Gasteiger partial charge in [-0.1, -0.05) is 125 Å². The Morgan fingerprint density at radius 2 is 1.02 bits per heavy atom. The Balaban J connectivity index is 1.08. The summed E-state index contributed by atoms with van der Waals surface area (Å²) in [7, 11) is 0. The van der Waals surface area contributed by atoms with Crippen LogP contribution in [-0.2, 0) is 10.8 Å². The second-order valence-electron chi connectivity index (χ2n) is 16.3. The van der Waals surface area contributed by atoms with E-state index in [-0.39, 0.29) is 10.8 Å². The van der Waals surface area contributed by atoms with Gasteiger partial charge in [-0.15, -0.1) is 0 Å². The molecule has 0 saturated carbocycles. The van der Waals surface area contributed by atoms with Crippen LogP contribution < -0.4 is 0 Å². The van der Waals surface area contributed by atoms with E-state index in [9.17, 15) is 0 Å². The minimum absolute atomic E-state index is 0.0579. The van der Waals surface area contributed by atoms with E-state index < -0.39 is 0 Å². The van der Waals surface area contributed by atoms with Crippen LogP contribution in [0.15, 0.2) is 158 Å². The average molecular weight is 719 g/mol. The number of aromatic nitrogens is 4. The van der Waals surface area contributed by atoms with Crippen LogP contribution >= 0.6 is 0 Å². The van der Waals surface area contributed by atoms with Gasteiger partial charge in [-0.25, -0.2) is 9.97 Å². The van der Waals surface area contributed by atoms with Gasteiger partial charge in [0.2, 0.25) is 0 Å². The molecule has 3 aromatic heterocycles. The Kier molecular flexibility index (Phi) is 6.91. The smallest absolute Gasteiger partial charge is 0.179 e. The lowest BCUT2D eigenvalue weighted by molar-refractivity contribution is 0.652. The highest BCUT2D eigenvalue weighted by Crippen LogP contribution is 2.56. The van der Waals surface area contributed by atoms with Gasteiger partial charge >= 0.3 is 0 Å². The first-order valence-corrected chi connectivity index (χ1v) is 19.4. The fourth-order valence-electron chi connectivity index (χ4n) is 9.45. The maximum absolute atomic E-state index is 5.30. The zero-order chi connectivity index (χ0) is 37.8. The first-order valence-electron chi connectivity index (χ1n) is 19.4. The highest BCUT2D eigenvalue weighted by atomic mass is 14.9. The van der Waals surface area contributed by atoms with Crippen LogP contribution in [0.3, 0.4) is 0 Å². The Morgan fingerprint density at radius 3 is 1.88 bits per heavy atom. The molecule has 0 spiro atoms. The van der Waals surface area contributed by atoms with E-state index in [4.69, 9.17) is 15.0 Å². The Morgan fingerprint density at radius 1 is 0.375 bits per heavy atom. The first-order chi connectivity index (χ1) is 27.3. The molecule has 0 atom stereocenters. The molecule has 0 saturated heterocycles. The largest absolute Gasteiger partial charge is 0.256 e. The van der Waals surface area contributed by atoms with E-state index in [0.29, 0.717) is 5.82 Å². The van der Waals surface area contributed by atoms with Gasteiger partial charge in [0.1, 0.15) is 5.69 Å². The maximum Gasteiger partial charge on any atom is 0.179 e. The van der Waals surface area contributed by atoms with Crippen molar-refractivity contribution in [3.63, 3.8) is 0 Å². The first kappa shape index (κ1) is 32.6. The van der Waals surface area contributed by atoms with E-state index in [1.807, 2.05) is 24.5 Å². The van der Waals surface area contributed by atoms with E-state index in [1.54, 1.807) is 0 Å². The molecule has 0 bridgehead atoms. The van der Waals surface area contributed by atoms with Crippen LogP contribution in [0.25, 0.3) is 89.1 Å². The molecule has 0 amide bonds. The molecule has 0 N–H and O–H groups in total. The number of para-hydroxylation sites is 1. The number of hydrogen-bond acceptors (Lipinski definition) is 4. The minimum Gasteiger partial charge on any atom is -0.256 e. The molecule has 4 heteroatoms. The fourth-order valence-corrected chi connectivity index (χ4v) is 9.45. The van der Waals surface area contributed by atoms with Crippen molar-refractivity contribution in [1.82, 2.24) is 19.9 Å². The molecule has 4 nitrogen and oxygen atoms in total. The number of fused-ring (bicyclic) bond motifs is 8. The summed E-state index contributed by atoms with van der Waals surface area (Å²) in [6.45, 7) is 9.44. The van der Waals surface area contributed by atoms with Crippen LogP contribution in [0.4, 0.5) is 0 Å². The molecule has 0 unspecified atom stereocenters. The number of benzene rings is 6. The van der Waals surface area contributed by atoms with Crippen LogP contribution in [-0.4, -0.2) is 19.9 Å². The second kappa shape index (κ2) is 11.9. The summed E-state index contributed by atoms with van der Waals surface area (Å²) in [4.78, 5) is 20.1. The monoisotopic (exact) mass is 718 g/mol. The van der Waals surface area contributed by atoms with Gasteiger partial charge in [0.25, 0.3) is 0 Å². The van der Waals surface area contributed by atoms with Gasteiger partial charge in [-0.2, -0.15) is 0 Å². The van der Waals surface area contributed by atoms with Crippen molar-refractivity contribution in [2.24, 2.45) is 0 Å². The van der Waals surface area contributed by atoms with Crippen LogP contribution in [0.1, 0.15) is 49.9 Å². The molecule has 9 aromatic rings. The quantitative estimate of drug-likeness (QED) is 0.182. The summed E-state index contributed by atoms with van der Waals surface area (Å²) in [5.41, 5.74) is 18.2. The van der Waals surface area contributed by atoms with E-state index >= 15 is 0 Å². The van der Waals surface area contributed by atoms with Crippen molar-refractivity contribution in [2.45, 2.75) is 38.5 Å². The lowest BCUT2D eigenvalue weighted by Gasteiger charge is -2.24. The van der Waals surface area contributed by atoms with Gasteiger partial charge < -0.3 is 0 Å². The molecule has 11 rings (SSSR count). The molecule has 56 heavy (non-hydrogen) atoms. The highest BCUT2D eigenvalue weighted by molar-refractivity contribution is 5.98. The summed E-state index contributed by atoms with van der Waals surface area (Å²) in [5, 5.41) is 3.45. The van der Waals surface area contributed by atoms with Gasteiger partial charge in [0, 0.05) is 39.7 Å². The van der Waals surface area contributed by atoms with E-state index in [0.717, 1.165) is 50.2 Å². The summed E-state index contributed by atoms with van der Waals surface area (Å²) >= 11 is 0. The van der Waals surface area contributed by atoms with Crippen molar-refractivity contribution < 1.29 is 0 Å².